The Bertz CT molecular complexity index is 3300. The predicted molar refractivity (Wildman–Crippen MR) is 213 cm³/mol. The number of hydrogen-bond acceptors (Lipinski definition) is 5. The lowest BCUT2D eigenvalue weighted by molar-refractivity contribution is 1.16. The van der Waals surface area contributed by atoms with Crippen LogP contribution >= 0.6 is 0 Å². The van der Waals surface area contributed by atoms with Crippen molar-refractivity contribution in [3.63, 3.8) is 0 Å². The first kappa shape index (κ1) is 30.7. The molecule has 0 amide bonds. The van der Waals surface area contributed by atoms with Crippen LogP contribution in [0.1, 0.15) is 16.7 Å². The second-order valence-corrected chi connectivity index (χ2v) is 13.2. The highest BCUT2D eigenvalue weighted by molar-refractivity contribution is 6.19. The monoisotopic (exact) mass is 687 g/mol. The molecule has 0 atom stereocenters. The fourth-order valence-corrected chi connectivity index (χ4v) is 7.84. The first-order valence-corrected chi connectivity index (χ1v) is 17.4. The van der Waals surface area contributed by atoms with E-state index in [0.717, 1.165) is 55.2 Å². The van der Waals surface area contributed by atoms with Gasteiger partial charge in [0.1, 0.15) is 6.07 Å². The van der Waals surface area contributed by atoms with Gasteiger partial charge in [-0.1, -0.05) is 84.9 Å². The molecule has 248 valence electrons. The van der Waals surface area contributed by atoms with Gasteiger partial charge in [-0.2, -0.15) is 15.8 Å². The van der Waals surface area contributed by atoms with Crippen molar-refractivity contribution in [2.24, 2.45) is 0 Å². The molecule has 7 nitrogen and oxygen atoms in total. The van der Waals surface area contributed by atoms with Crippen LogP contribution in [-0.2, 0) is 0 Å². The number of rotatable bonds is 4. The zero-order chi connectivity index (χ0) is 36.3. The molecule has 0 radical (unpaired) electrons. The number of nitriles is 3. The maximum atomic E-state index is 10.8. The summed E-state index contributed by atoms with van der Waals surface area (Å²) in [7, 11) is 0. The molecule has 3 heterocycles. The summed E-state index contributed by atoms with van der Waals surface area (Å²) in [5.41, 5.74) is 9.38. The van der Waals surface area contributed by atoms with Crippen LogP contribution in [0.15, 0.2) is 152 Å². The first-order valence-electron chi connectivity index (χ1n) is 17.4. The van der Waals surface area contributed by atoms with E-state index < -0.39 is 0 Å². The molecular formula is C47H25N7. The van der Waals surface area contributed by atoms with Gasteiger partial charge >= 0.3 is 0 Å². The average Bonchev–Trinajstić information content (AvgIpc) is 3.74. The van der Waals surface area contributed by atoms with Crippen molar-refractivity contribution in [2.75, 3.05) is 0 Å². The van der Waals surface area contributed by atoms with Crippen LogP contribution in [-0.4, -0.2) is 19.1 Å². The Morgan fingerprint density at radius 2 is 1.04 bits per heavy atom. The minimum absolute atomic E-state index is 0.268. The summed E-state index contributed by atoms with van der Waals surface area (Å²) in [6, 6.07) is 57.2. The van der Waals surface area contributed by atoms with Gasteiger partial charge in [-0.05, 0) is 66.7 Å². The molecule has 0 N–H and O–H groups in total. The molecule has 0 unspecified atom stereocenters. The van der Waals surface area contributed by atoms with E-state index in [-0.39, 0.29) is 5.56 Å². The number of nitrogens with zero attached hydrogens (tertiary/aromatic N) is 7. The van der Waals surface area contributed by atoms with E-state index in [2.05, 4.69) is 106 Å². The Balaban J connectivity index is 1.25. The van der Waals surface area contributed by atoms with Gasteiger partial charge in [-0.25, -0.2) is 9.97 Å². The summed E-state index contributed by atoms with van der Waals surface area (Å²) >= 11 is 0. The van der Waals surface area contributed by atoms with Crippen molar-refractivity contribution in [2.45, 2.75) is 0 Å². The summed E-state index contributed by atoms with van der Waals surface area (Å²) < 4.78 is 4.53. The molecule has 0 aliphatic heterocycles. The van der Waals surface area contributed by atoms with Crippen molar-refractivity contribution in [3.8, 4) is 52.2 Å². The van der Waals surface area contributed by atoms with Crippen LogP contribution in [0.5, 0.6) is 0 Å². The average molecular weight is 688 g/mol. The summed E-state index contributed by atoms with van der Waals surface area (Å²) in [6.45, 7) is 0. The lowest BCUT2D eigenvalue weighted by Crippen LogP contribution is -2.01. The number of para-hydroxylation sites is 3. The van der Waals surface area contributed by atoms with Gasteiger partial charge in [0.2, 0.25) is 0 Å². The fourth-order valence-electron chi connectivity index (χ4n) is 7.84. The fraction of sp³-hybridized carbons (Fsp3) is 0. The summed E-state index contributed by atoms with van der Waals surface area (Å²) in [5, 5.41) is 35.8. The molecule has 0 bridgehead atoms. The Hall–Kier alpha value is -8.05. The largest absolute Gasteiger partial charge is 0.309 e. The Kier molecular flexibility index (Phi) is 6.85. The quantitative estimate of drug-likeness (QED) is 0.183. The van der Waals surface area contributed by atoms with Gasteiger partial charge < -0.3 is 9.13 Å². The first-order chi connectivity index (χ1) is 26.6. The van der Waals surface area contributed by atoms with E-state index in [1.807, 2.05) is 60.7 Å². The van der Waals surface area contributed by atoms with Crippen molar-refractivity contribution in [1.82, 2.24) is 19.1 Å². The molecule has 0 aliphatic rings. The Labute approximate surface area is 309 Å². The van der Waals surface area contributed by atoms with Crippen molar-refractivity contribution in [3.05, 3.63) is 168 Å². The summed E-state index contributed by atoms with van der Waals surface area (Å²) in [4.78, 5) is 9.79. The minimum Gasteiger partial charge on any atom is -0.309 e. The van der Waals surface area contributed by atoms with Gasteiger partial charge in [0.05, 0.1) is 62.1 Å². The smallest absolute Gasteiger partial charge is 0.160 e. The highest BCUT2D eigenvalue weighted by Crippen LogP contribution is 2.41. The molecule has 0 spiro atoms. The molecule has 0 fully saturated rings. The summed E-state index contributed by atoms with van der Waals surface area (Å²) in [5.74, 6) is 0.424. The highest BCUT2D eigenvalue weighted by atomic mass is 15.0. The number of aromatic nitrogens is 4. The number of fused-ring (bicyclic) bond motifs is 7. The van der Waals surface area contributed by atoms with Crippen molar-refractivity contribution < 1.29 is 0 Å². The zero-order valence-corrected chi connectivity index (χ0v) is 28.6. The molecule has 0 saturated carbocycles. The zero-order valence-electron chi connectivity index (χ0n) is 28.6. The third-order valence-corrected chi connectivity index (χ3v) is 10.2. The van der Waals surface area contributed by atoms with Crippen LogP contribution < -0.4 is 0 Å². The van der Waals surface area contributed by atoms with Crippen LogP contribution in [0.3, 0.4) is 0 Å². The Morgan fingerprint density at radius 3 is 1.69 bits per heavy atom. The van der Waals surface area contributed by atoms with E-state index in [1.165, 1.54) is 5.39 Å². The lowest BCUT2D eigenvalue weighted by atomic mass is 9.97. The van der Waals surface area contributed by atoms with Crippen molar-refractivity contribution in [1.29, 1.82) is 15.8 Å². The van der Waals surface area contributed by atoms with E-state index in [1.54, 1.807) is 12.1 Å². The predicted octanol–water partition coefficient (Wildman–Crippen LogP) is 10.8. The second kappa shape index (κ2) is 12.0. The van der Waals surface area contributed by atoms with Gasteiger partial charge in [-0.15, -0.1) is 0 Å². The molecular weight excluding hydrogens is 663 g/mol. The van der Waals surface area contributed by atoms with Gasteiger partial charge in [-0.3, -0.25) is 0 Å². The second-order valence-electron chi connectivity index (χ2n) is 13.2. The van der Waals surface area contributed by atoms with Gasteiger partial charge in [0.25, 0.3) is 0 Å². The normalized spacial score (nSPS) is 11.3. The molecule has 54 heavy (non-hydrogen) atoms. The van der Waals surface area contributed by atoms with E-state index >= 15 is 0 Å². The molecule has 7 aromatic carbocycles. The molecule has 10 aromatic rings. The van der Waals surface area contributed by atoms with Crippen LogP contribution in [0.4, 0.5) is 0 Å². The standard InChI is InChI=1S/C47H25N7/c48-26-29-21-32(28-50)45-40(22-29)46(52-47(51-45)30-11-3-1-4-12-30)35-20-19-34(23-31(35)27-49)54-42-18-10-8-16-37(42)39-24-38-36-15-7-9-17-41(36)53(43(38)25-44(39)54)33-13-5-2-6-14-33/h1-25H. The maximum absolute atomic E-state index is 10.8. The van der Waals surface area contributed by atoms with Crippen LogP contribution in [0.25, 0.3) is 88.5 Å². The topological polar surface area (TPSA) is 107 Å². The minimum atomic E-state index is 0.268. The molecule has 7 heteroatoms. The van der Waals surface area contributed by atoms with Crippen LogP contribution in [0, 0.1) is 34.0 Å². The number of benzene rings is 7. The third-order valence-electron chi connectivity index (χ3n) is 10.2. The van der Waals surface area contributed by atoms with E-state index in [9.17, 15) is 15.8 Å². The molecule has 3 aromatic heterocycles. The van der Waals surface area contributed by atoms with E-state index in [4.69, 9.17) is 9.97 Å². The van der Waals surface area contributed by atoms with E-state index in [0.29, 0.717) is 39.1 Å². The number of hydrogen-bond donors (Lipinski definition) is 0. The van der Waals surface area contributed by atoms with Crippen molar-refractivity contribution >= 4 is 54.5 Å². The van der Waals surface area contributed by atoms with Gasteiger partial charge in [0.15, 0.2) is 5.82 Å². The maximum Gasteiger partial charge on any atom is 0.160 e. The Morgan fingerprint density at radius 1 is 0.426 bits per heavy atom. The summed E-state index contributed by atoms with van der Waals surface area (Å²) in [6.07, 6.45) is 0. The van der Waals surface area contributed by atoms with Crippen LogP contribution in [0.2, 0.25) is 0 Å². The lowest BCUT2D eigenvalue weighted by Gasteiger charge is -2.14. The van der Waals surface area contributed by atoms with Gasteiger partial charge in [0, 0.05) is 49.4 Å². The SMILES string of the molecule is N#Cc1cc(C#N)c2nc(-c3ccccc3)nc(-c3ccc(-n4c5ccccc5c5cc6c7ccccc7n(-c7ccccc7)c6cc54)cc3C#N)c2c1. The molecule has 0 aliphatic carbocycles. The third kappa shape index (κ3) is 4.59. The molecule has 0 saturated heterocycles. The molecule has 10 rings (SSSR count). The highest BCUT2D eigenvalue weighted by Gasteiger charge is 2.21.